The van der Waals surface area contributed by atoms with Gasteiger partial charge in [0, 0.05) is 22.0 Å². The Kier molecular flexibility index (Phi) is 5.95. The molecule has 0 N–H and O–H groups in total. The molecule has 3 heteroatoms. The second-order valence-electron chi connectivity index (χ2n) is 11.9. The number of fused-ring (bicyclic) bond motifs is 4. The number of aromatic nitrogens is 2. The summed E-state index contributed by atoms with van der Waals surface area (Å²) in [6.07, 6.45) is 0. The van der Waals surface area contributed by atoms with Crippen LogP contribution in [0.15, 0.2) is 146 Å². The van der Waals surface area contributed by atoms with Gasteiger partial charge in [0.05, 0.1) is 5.69 Å². The Labute approximate surface area is 253 Å². The quantitative estimate of drug-likeness (QED) is 0.199. The van der Waals surface area contributed by atoms with Crippen molar-refractivity contribution >= 4 is 29.4 Å². The van der Waals surface area contributed by atoms with E-state index in [2.05, 4.69) is 159 Å². The molecule has 0 spiro atoms. The first kappa shape index (κ1) is 25.6. The number of nitrogens with zero attached hydrogens (tertiary/aromatic N) is 2. The van der Waals surface area contributed by atoms with Gasteiger partial charge >= 0.3 is 0 Å². The Morgan fingerprint density at radius 2 is 1.02 bits per heavy atom. The normalized spacial score (nSPS) is 13.1. The van der Waals surface area contributed by atoms with Crippen LogP contribution in [0.1, 0.15) is 0 Å². The minimum absolute atomic E-state index is 0.790. The van der Waals surface area contributed by atoms with Crippen molar-refractivity contribution in [1.29, 1.82) is 0 Å². The predicted octanol–water partition coefficient (Wildman–Crippen LogP) is 9.10. The molecule has 0 aliphatic carbocycles. The third kappa shape index (κ3) is 4.32. The van der Waals surface area contributed by atoms with E-state index in [0.29, 0.717) is 0 Å². The molecule has 0 unspecified atom stereocenters. The van der Waals surface area contributed by atoms with Crippen LogP contribution in [-0.4, -0.2) is 18.0 Å². The second-order valence-corrected chi connectivity index (χ2v) is 16.1. The maximum Gasteiger partial charge on any atom is 0.159 e. The van der Waals surface area contributed by atoms with E-state index in [-0.39, 0.29) is 0 Å². The molecule has 0 saturated carbocycles. The minimum atomic E-state index is -2.00. The molecule has 0 saturated heterocycles. The topological polar surface area (TPSA) is 25.8 Å². The van der Waals surface area contributed by atoms with Gasteiger partial charge in [-0.05, 0) is 62.0 Å². The predicted molar refractivity (Wildman–Crippen MR) is 183 cm³/mol. The van der Waals surface area contributed by atoms with Crippen LogP contribution in [0.3, 0.4) is 0 Å². The highest BCUT2D eigenvalue weighted by Crippen LogP contribution is 2.37. The third-order valence-corrected chi connectivity index (χ3v) is 12.1. The molecule has 204 valence electrons. The maximum atomic E-state index is 5.36. The van der Waals surface area contributed by atoms with Gasteiger partial charge in [-0.1, -0.05) is 140 Å². The fraction of sp³-hybridized carbons (Fsp3) is 0.0500. The first-order chi connectivity index (χ1) is 21.1. The van der Waals surface area contributed by atoms with Gasteiger partial charge in [-0.15, -0.1) is 0 Å². The Morgan fingerprint density at radius 3 is 1.79 bits per heavy atom. The van der Waals surface area contributed by atoms with Gasteiger partial charge in [-0.25, -0.2) is 9.97 Å². The van der Waals surface area contributed by atoms with Gasteiger partial charge in [0.15, 0.2) is 5.82 Å². The smallest absolute Gasteiger partial charge is 0.159 e. The lowest BCUT2D eigenvalue weighted by atomic mass is 9.96. The molecule has 2 nitrogen and oxygen atoms in total. The molecule has 0 atom stereocenters. The van der Waals surface area contributed by atoms with Gasteiger partial charge in [0.1, 0.15) is 8.07 Å². The first-order valence-electron chi connectivity index (χ1n) is 14.8. The van der Waals surface area contributed by atoms with Gasteiger partial charge in [-0.3, -0.25) is 0 Å². The zero-order valence-corrected chi connectivity index (χ0v) is 25.3. The molecule has 8 rings (SSSR count). The van der Waals surface area contributed by atoms with Crippen molar-refractivity contribution in [3.63, 3.8) is 0 Å². The molecule has 43 heavy (non-hydrogen) atoms. The van der Waals surface area contributed by atoms with Crippen molar-refractivity contribution in [2.75, 3.05) is 0 Å². The molecule has 6 aromatic carbocycles. The first-order valence-corrected chi connectivity index (χ1v) is 17.8. The summed E-state index contributed by atoms with van der Waals surface area (Å²) in [7, 11) is -2.00. The van der Waals surface area contributed by atoms with Crippen LogP contribution in [-0.2, 0) is 0 Å². The summed E-state index contributed by atoms with van der Waals surface area (Å²) in [6.45, 7) is 4.83. The van der Waals surface area contributed by atoms with E-state index in [9.17, 15) is 0 Å². The van der Waals surface area contributed by atoms with Crippen LogP contribution < -0.4 is 10.5 Å². The summed E-state index contributed by atoms with van der Waals surface area (Å²) < 4.78 is 0. The summed E-state index contributed by atoms with van der Waals surface area (Å²) in [6, 6.07) is 52.1. The van der Waals surface area contributed by atoms with Crippen molar-refractivity contribution in [3.8, 4) is 56.0 Å². The molecule has 0 bridgehead atoms. The van der Waals surface area contributed by atoms with E-state index in [1.54, 1.807) is 0 Å². The molecule has 1 aromatic heterocycles. The molecule has 2 heterocycles. The lowest BCUT2D eigenvalue weighted by Crippen LogP contribution is -2.50. The van der Waals surface area contributed by atoms with Crippen molar-refractivity contribution in [2.45, 2.75) is 13.1 Å². The summed E-state index contributed by atoms with van der Waals surface area (Å²) in [4.78, 5) is 10.6. The van der Waals surface area contributed by atoms with Crippen molar-refractivity contribution < 1.29 is 0 Å². The van der Waals surface area contributed by atoms with Gasteiger partial charge in [-0.2, -0.15) is 0 Å². The number of hydrogen-bond acceptors (Lipinski definition) is 2. The van der Waals surface area contributed by atoms with Crippen LogP contribution in [0.4, 0.5) is 0 Å². The summed E-state index contributed by atoms with van der Waals surface area (Å²) in [5.74, 6) is 0.790. The van der Waals surface area contributed by atoms with Crippen molar-refractivity contribution in [1.82, 2.24) is 9.97 Å². The average molecular weight is 567 g/mol. The Balaban J connectivity index is 1.25. The summed E-state index contributed by atoms with van der Waals surface area (Å²) >= 11 is 0. The molecule has 7 aromatic rings. The van der Waals surface area contributed by atoms with Crippen LogP contribution in [0, 0.1) is 0 Å². The van der Waals surface area contributed by atoms with Crippen molar-refractivity contribution in [3.05, 3.63) is 146 Å². The van der Waals surface area contributed by atoms with E-state index in [1.807, 2.05) is 0 Å². The number of hydrogen-bond donors (Lipinski definition) is 0. The summed E-state index contributed by atoms with van der Waals surface area (Å²) in [5, 5.41) is 5.17. The Morgan fingerprint density at radius 1 is 0.442 bits per heavy atom. The lowest BCUT2D eigenvalue weighted by molar-refractivity contribution is 1.21. The fourth-order valence-electron chi connectivity index (χ4n) is 6.56. The lowest BCUT2D eigenvalue weighted by Gasteiger charge is -2.19. The van der Waals surface area contributed by atoms with E-state index in [1.165, 1.54) is 49.1 Å². The zero-order valence-electron chi connectivity index (χ0n) is 24.3. The Bertz CT molecular complexity index is 2160. The van der Waals surface area contributed by atoms with Crippen molar-refractivity contribution in [2.24, 2.45) is 0 Å². The molecule has 1 aliphatic rings. The second kappa shape index (κ2) is 10.0. The minimum Gasteiger partial charge on any atom is -0.237 e. The van der Waals surface area contributed by atoms with Gasteiger partial charge in [0.2, 0.25) is 0 Å². The summed E-state index contributed by atoms with van der Waals surface area (Å²) in [5.41, 5.74) is 10.5. The van der Waals surface area contributed by atoms with Crippen LogP contribution in [0.25, 0.3) is 66.8 Å². The van der Waals surface area contributed by atoms with E-state index < -0.39 is 8.07 Å². The SMILES string of the molecule is C[Si]1(C)c2ccccc2-c2c(-c3ccccc3)nc(-c3cccc(-c4cccc(-c5ccc6ccccc6c5)c4)c3)nc21. The Hall–Kier alpha value is -5.12. The molecule has 0 fully saturated rings. The largest absolute Gasteiger partial charge is 0.237 e. The molecular weight excluding hydrogens is 537 g/mol. The zero-order chi connectivity index (χ0) is 29.0. The van der Waals surface area contributed by atoms with Gasteiger partial charge < -0.3 is 0 Å². The fourth-order valence-corrected chi connectivity index (χ4v) is 9.47. The van der Waals surface area contributed by atoms with E-state index >= 15 is 0 Å². The van der Waals surface area contributed by atoms with Crippen LogP contribution in [0.5, 0.6) is 0 Å². The van der Waals surface area contributed by atoms with Crippen LogP contribution in [0.2, 0.25) is 13.1 Å². The van der Waals surface area contributed by atoms with Gasteiger partial charge in [0.25, 0.3) is 0 Å². The molecular formula is C40H30N2Si. The molecule has 0 radical (unpaired) electrons. The highest BCUT2D eigenvalue weighted by molar-refractivity contribution is 7.03. The average Bonchev–Trinajstić information content (AvgIpc) is 3.31. The highest BCUT2D eigenvalue weighted by atomic mass is 28.3. The van der Waals surface area contributed by atoms with Crippen LogP contribution >= 0.6 is 0 Å². The highest BCUT2D eigenvalue weighted by Gasteiger charge is 2.41. The van der Waals surface area contributed by atoms with E-state index in [4.69, 9.17) is 9.97 Å². The van der Waals surface area contributed by atoms with E-state index in [0.717, 1.165) is 28.2 Å². The maximum absolute atomic E-state index is 5.36. The monoisotopic (exact) mass is 566 g/mol. The standard InChI is InChI=1S/C40H30N2Si/c1-43(2)36-21-9-8-20-35(36)37-38(28-13-4-3-5-14-28)41-39(42-40(37)43)34-19-11-18-32(26-34)30-16-10-17-31(25-30)33-23-22-27-12-6-7-15-29(27)24-33/h3-26H,1-2H3. The number of benzene rings is 6. The number of rotatable bonds is 4. The third-order valence-electron chi connectivity index (χ3n) is 8.82. The molecule has 0 amide bonds. The molecule has 1 aliphatic heterocycles.